The van der Waals surface area contributed by atoms with Gasteiger partial charge in [-0.2, -0.15) is 0 Å². The molecule has 3 aromatic carbocycles. The third-order valence-electron chi connectivity index (χ3n) is 5.38. The van der Waals surface area contributed by atoms with Crippen molar-refractivity contribution in [1.29, 1.82) is 0 Å². The maximum atomic E-state index is 12.9. The summed E-state index contributed by atoms with van der Waals surface area (Å²) in [6.45, 7) is 6.33. The molecular weight excluding hydrogens is 402 g/mol. The number of benzene rings is 3. The fraction of sp³-hybridized carbons (Fsp3) is 0.269. The van der Waals surface area contributed by atoms with Crippen molar-refractivity contribution in [2.24, 2.45) is 13.0 Å². The van der Waals surface area contributed by atoms with Gasteiger partial charge in [0.2, 0.25) is 0 Å². The lowest BCUT2D eigenvalue weighted by molar-refractivity contribution is 0.0994. The summed E-state index contributed by atoms with van der Waals surface area (Å²) in [5.41, 5.74) is 3.02. The molecule has 1 aromatic heterocycles. The molecule has 0 fully saturated rings. The zero-order valence-corrected chi connectivity index (χ0v) is 19.2. The predicted molar refractivity (Wildman–Crippen MR) is 129 cm³/mol. The summed E-state index contributed by atoms with van der Waals surface area (Å²) in [6.07, 6.45) is 1.02. The second-order valence-corrected chi connectivity index (χ2v) is 9.65. The fourth-order valence-electron chi connectivity index (χ4n) is 3.72. The number of aromatic nitrogens is 3. The molecule has 4 nitrogen and oxygen atoms in total. The van der Waals surface area contributed by atoms with Gasteiger partial charge >= 0.3 is 0 Å². The molecule has 0 amide bonds. The average Bonchev–Trinajstić information content (AvgIpc) is 3.13. The van der Waals surface area contributed by atoms with Gasteiger partial charge in [-0.3, -0.25) is 4.79 Å². The first-order valence-electron chi connectivity index (χ1n) is 10.6. The number of ketones is 1. The van der Waals surface area contributed by atoms with E-state index in [0.29, 0.717) is 5.92 Å². The van der Waals surface area contributed by atoms with Crippen LogP contribution in [-0.4, -0.2) is 25.8 Å². The van der Waals surface area contributed by atoms with Crippen molar-refractivity contribution < 1.29 is 4.79 Å². The van der Waals surface area contributed by atoms with E-state index in [1.165, 1.54) is 28.1 Å². The highest BCUT2D eigenvalue weighted by Crippen LogP contribution is 2.29. The van der Waals surface area contributed by atoms with Crippen molar-refractivity contribution in [1.82, 2.24) is 14.8 Å². The Balaban J connectivity index is 1.50. The van der Waals surface area contributed by atoms with Crippen LogP contribution in [0.4, 0.5) is 0 Å². The largest absolute Gasteiger partial charge is 0.305 e. The molecule has 5 heteroatoms. The highest BCUT2D eigenvalue weighted by molar-refractivity contribution is 8.00. The number of carbonyl (C=O) groups is 1. The summed E-state index contributed by atoms with van der Waals surface area (Å²) < 4.78 is 1.96. The number of fused-ring (bicyclic) bond motifs is 1. The molecule has 0 N–H and O–H groups in total. The molecule has 0 spiro atoms. The van der Waals surface area contributed by atoms with Gasteiger partial charge in [0.25, 0.3) is 0 Å². The molecule has 0 saturated heterocycles. The van der Waals surface area contributed by atoms with Gasteiger partial charge in [0, 0.05) is 18.2 Å². The third kappa shape index (κ3) is 4.72. The Hall–Kier alpha value is -2.92. The summed E-state index contributed by atoms with van der Waals surface area (Å²) in [6, 6.07) is 22.5. The van der Waals surface area contributed by atoms with Crippen LogP contribution in [0.5, 0.6) is 0 Å². The normalized spacial score (nSPS) is 12.4. The molecule has 4 rings (SSSR count). The van der Waals surface area contributed by atoms with Gasteiger partial charge in [0.1, 0.15) is 0 Å². The highest BCUT2D eigenvalue weighted by atomic mass is 32.2. The number of hydrogen-bond donors (Lipinski definition) is 0. The zero-order valence-electron chi connectivity index (χ0n) is 18.4. The lowest BCUT2D eigenvalue weighted by atomic mass is 10.0. The van der Waals surface area contributed by atoms with Crippen molar-refractivity contribution in [3.05, 3.63) is 77.9 Å². The molecule has 158 valence electrons. The Bertz CT molecular complexity index is 1210. The number of nitrogens with zero attached hydrogens (tertiary/aromatic N) is 3. The summed E-state index contributed by atoms with van der Waals surface area (Å²) in [7, 11) is 1.95. The van der Waals surface area contributed by atoms with Crippen LogP contribution in [0.2, 0.25) is 0 Å². The van der Waals surface area contributed by atoms with Crippen molar-refractivity contribution in [2.45, 2.75) is 37.6 Å². The smallest absolute Gasteiger partial charge is 0.191 e. The molecule has 0 aliphatic rings. The molecule has 1 unspecified atom stereocenters. The Labute approximate surface area is 187 Å². The van der Waals surface area contributed by atoms with Crippen LogP contribution in [0, 0.1) is 5.92 Å². The first kappa shape index (κ1) is 21.3. The van der Waals surface area contributed by atoms with Gasteiger partial charge in [0.15, 0.2) is 16.8 Å². The Kier molecular flexibility index (Phi) is 6.23. The van der Waals surface area contributed by atoms with E-state index in [9.17, 15) is 4.79 Å². The quantitative estimate of drug-likeness (QED) is 0.259. The SMILES string of the molecule is CC(C)Cc1ccc(C(=O)C(C)Sc2nnc(-c3ccc4ccccc4c3)n2C)cc1. The minimum atomic E-state index is -0.247. The van der Waals surface area contributed by atoms with Crippen molar-refractivity contribution in [3.63, 3.8) is 0 Å². The van der Waals surface area contributed by atoms with Gasteiger partial charge in [0.05, 0.1) is 5.25 Å². The van der Waals surface area contributed by atoms with E-state index in [2.05, 4.69) is 66.5 Å². The molecule has 31 heavy (non-hydrogen) atoms. The van der Waals surface area contributed by atoms with Crippen LogP contribution >= 0.6 is 11.8 Å². The number of rotatable bonds is 7. The van der Waals surface area contributed by atoms with E-state index in [1.807, 2.05) is 42.8 Å². The summed E-state index contributed by atoms with van der Waals surface area (Å²) in [5, 5.41) is 11.6. The van der Waals surface area contributed by atoms with Gasteiger partial charge in [-0.25, -0.2) is 0 Å². The maximum absolute atomic E-state index is 12.9. The van der Waals surface area contributed by atoms with E-state index < -0.39 is 0 Å². The lowest BCUT2D eigenvalue weighted by Gasteiger charge is -2.11. The molecule has 0 aliphatic heterocycles. The fourth-order valence-corrected chi connectivity index (χ4v) is 4.61. The number of thioether (sulfide) groups is 1. The van der Waals surface area contributed by atoms with E-state index in [4.69, 9.17) is 0 Å². The van der Waals surface area contributed by atoms with E-state index in [-0.39, 0.29) is 11.0 Å². The summed E-state index contributed by atoms with van der Waals surface area (Å²) in [5.74, 6) is 1.51. The minimum Gasteiger partial charge on any atom is -0.305 e. The van der Waals surface area contributed by atoms with E-state index in [1.54, 1.807) is 0 Å². The molecule has 1 atom stereocenters. The Morgan fingerprint density at radius 1 is 0.935 bits per heavy atom. The van der Waals surface area contributed by atoms with Crippen LogP contribution in [-0.2, 0) is 13.5 Å². The van der Waals surface area contributed by atoms with Gasteiger partial charge < -0.3 is 4.57 Å². The Morgan fingerprint density at radius 2 is 1.65 bits per heavy atom. The van der Waals surface area contributed by atoms with Crippen LogP contribution in [0.1, 0.15) is 36.7 Å². The second-order valence-electron chi connectivity index (χ2n) is 8.35. The van der Waals surface area contributed by atoms with E-state index in [0.717, 1.165) is 28.5 Å². The van der Waals surface area contributed by atoms with E-state index >= 15 is 0 Å². The number of carbonyl (C=O) groups excluding carboxylic acids is 1. The lowest BCUT2D eigenvalue weighted by Crippen LogP contribution is -2.14. The van der Waals surface area contributed by atoms with Gasteiger partial charge in [-0.1, -0.05) is 86.3 Å². The summed E-state index contributed by atoms with van der Waals surface area (Å²) >= 11 is 1.45. The number of Topliss-reactive ketones (excluding diaryl/α,β-unsaturated/α-hetero) is 1. The van der Waals surface area contributed by atoms with Crippen molar-refractivity contribution in [2.75, 3.05) is 0 Å². The first-order valence-corrected chi connectivity index (χ1v) is 11.5. The van der Waals surface area contributed by atoms with Crippen molar-refractivity contribution >= 4 is 28.3 Å². The molecule has 4 aromatic rings. The van der Waals surface area contributed by atoms with Crippen molar-refractivity contribution in [3.8, 4) is 11.4 Å². The molecule has 0 aliphatic carbocycles. The average molecular weight is 430 g/mol. The molecule has 0 saturated carbocycles. The monoisotopic (exact) mass is 429 g/mol. The Morgan fingerprint density at radius 3 is 2.35 bits per heavy atom. The van der Waals surface area contributed by atoms with Crippen LogP contribution in [0.15, 0.2) is 71.9 Å². The predicted octanol–water partition coefficient (Wildman–Crippen LogP) is 6.20. The highest BCUT2D eigenvalue weighted by Gasteiger charge is 2.20. The minimum absolute atomic E-state index is 0.108. The number of hydrogen-bond acceptors (Lipinski definition) is 4. The molecule has 1 heterocycles. The van der Waals surface area contributed by atoms with Crippen LogP contribution in [0.3, 0.4) is 0 Å². The van der Waals surface area contributed by atoms with Crippen LogP contribution < -0.4 is 0 Å². The molecule has 0 bridgehead atoms. The standard InChI is InChI=1S/C26H27N3OS/c1-17(2)15-19-9-11-21(12-10-19)24(30)18(3)31-26-28-27-25(29(26)4)23-14-13-20-7-5-6-8-22(20)16-23/h5-14,16-18H,15H2,1-4H3. The molecule has 0 radical (unpaired) electrons. The second kappa shape index (κ2) is 9.06. The molecular formula is C26H27N3OS. The van der Waals surface area contributed by atoms with Crippen LogP contribution in [0.25, 0.3) is 22.2 Å². The summed E-state index contributed by atoms with van der Waals surface area (Å²) in [4.78, 5) is 12.9. The third-order valence-corrected chi connectivity index (χ3v) is 6.51. The maximum Gasteiger partial charge on any atom is 0.191 e. The topological polar surface area (TPSA) is 47.8 Å². The van der Waals surface area contributed by atoms with Gasteiger partial charge in [-0.05, 0) is 41.7 Å². The zero-order chi connectivity index (χ0) is 22.0. The first-order chi connectivity index (χ1) is 14.9. The van der Waals surface area contributed by atoms with Gasteiger partial charge in [-0.15, -0.1) is 10.2 Å².